The van der Waals surface area contributed by atoms with E-state index in [0.29, 0.717) is 0 Å². The normalized spacial score (nSPS) is 10.9. The molecule has 2 rings (SSSR count). The summed E-state index contributed by atoms with van der Waals surface area (Å²) < 4.78 is 2.21. The molecule has 0 saturated carbocycles. The Bertz CT molecular complexity index is 461. The molecule has 0 aliphatic carbocycles. The lowest BCUT2D eigenvalue weighted by Gasteiger charge is -2.07. The van der Waals surface area contributed by atoms with Crippen molar-refractivity contribution in [2.45, 2.75) is 33.4 Å². The molecule has 5 heteroatoms. The average molecular weight is 250 g/mol. The van der Waals surface area contributed by atoms with Gasteiger partial charge in [0.15, 0.2) is 0 Å². The van der Waals surface area contributed by atoms with Gasteiger partial charge in [0, 0.05) is 30.2 Å². The summed E-state index contributed by atoms with van der Waals surface area (Å²) in [6, 6.07) is 0. The summed E-state index contributed by atoms with van der Waals surface area (Å²) in [7, 11) is 0. The number of nitrogens with one attached hydrogen (secondary N) is 1. The predicted octanol–water partition coefficient (Wildman–Crippen LogP) is 2.00. The number of aromatic nitrogens is 3. The minimum atomic E-state index is 0.838. The fourth-order valence-corrected chi connectivity index (χ4v) is 2.51. The van der Waals surface area contributed by atoms with E-state index in [1.807, 2.05) is 17.9 Å². The van der Waals surface area contributed by atoms with Crippen LogP contribution in [0, 0.1) is 6.92 Å². The van der Waals surface area contributed by atoms with Crippen molar-refractivity contribution in [3.05, 3.63) is 34.3 Å². The first kappa shape index (κ1) is 12.3. The number of nitrogens with zero attached hydrogens (tertiary/aromatic N) is 3. The van der Waals surface area contributed by atoms with Gasteiger partial charge in [-0.25, -0.2) is 9.97 Å². The van der Waals surface area contributed by atoms with Crippen LogP contribution in [-0.4, -0.2) is 21.1 Å². The van der Waals surface area contributed by atoms with Crippen LogP contribution < -0.4 is 5.32 Å². The van der Waals surface area contributed by atoms with E-state index < -0.39 is 0 Å². The molecule has 0 aliphatic rings. The van der Waals surface area contributed by atoms with E-state index in [0.717, 1.165) is 37.6 Å². The van der Waals surface area contributed by atoms with Gasteiger partial charge in [0.05, 0.1) is 17.7 Å². The fourth-order valence-electron chi connectivity index (χ4n) is 1.74. The van der Waals surface area contributed by atoms with Crippen molar-refractivity contribution in [3.8, 4) is 0 Å². The number of hydrogen-bond acceptors (Lipinski definition) is 4. The van der Waals surface area contributed by atoms with Crippen molar-refractivity contribution in [2.75, 3.05) is 6.54 Å². The van der Waals surface area contributed by atoms with Crippen LogP contribution in [0.1, 0.15) is 23.3 Å². The second kappa shape index (κ2) is 5.93. The summed E-state index contributed by atoms with van der Waals surface area (Å²) in [5.41, 5.74) is 3.07. The zero-order valence-corrected chi connectivity index (χ0v) is 11.1. The van der Waals surface area contributed by atoms with Gasteiger partial charge in [-0.2, -0.15) is 0 Å². The summed E-state index contributed by atoms with van der Waals surface area (Å²) >= 11 is 1.73. The monoisotopic (exact) mass is 250 g/mol. The first-order chi connectivity index (χ1) is 8.31. The molecular weight excluding hydrogens is 232 g/mol. The van der Waals surface area contributed by atoms with E-state index in [1.165, 1.54) is 4.88 Å². The molecule has 92 valence electrons. The maximum absolute atomic E-state index is 4.36. The van der Waals surface area contributed by atoms with Gasteiger partial charge in [-0.3, -0.25) is 0 Å². The van der Waals surface area contributed by atoms with E-state index in [2.05, 4.69) is 33.7 Å². The smallest absolute Gasteiger partial charge is 0.122 e. The summed E-state index contributed by atoms with van der Waals surface area (Å²) in [4.78, 5) is 10.0. The maximum atomic E-state index is 4.36. The highest BCUT2D eigenvalue weighted by molar-refractivity contribution is 7.09. The number of imidazole rings is 1. The third-order valence-corrected chi connectivity index (χ3v) is 3.75. The maximum Gasteiger partial charge on any atom is 0.122 e. The molecule has 0 atom stereocenters. The minimum Gasteiger partial charge on any atom is -0.334 e. The predicted molar refractivity (Wildman–Crippen MR) is 70.2 cm³/mol. The first-order valence-electron chi connectivity index (χ1n) is 5.91. The van der Waals surface area contributed by atoms with Gasteiger partial charge in [-0.05, 0) is 13.5 Å². The van der Waals surface area contributed by atoms with E-state index in [9.17, 15) is 0 Å². The van der Waals surface area contributed by atoms with Crippen LogP contribution in [0.2, 0.25) is 0 Å². The zero-order valence-electron chi connectivity index (χ0n) is 10.3. The van der Waals surface area contributed by atoms with E-state index in [1.54, 1.807) is 11.3 Å². The first-order valence-corrected chi connectivity index (χ1v) is 6.79. The van der Waals surface area contributed by atoms with Crippen LogP contribution >= 0.6 is 11.3 Å². The Hall–Kier alpha value is -1.20. The SMILES string of the molecule is CCNCc1nccn1CCc1scnc1C. The van der Waals surface area contributed by atoms with Gasteiger partial charge in [-0.1, -0.05) is 6.92 Å². The van der Waals surface area contributed by atoms with Gasteiger partial charge in [-0.15, -0.1) is 11.3 Å². The number of aryl methyl sites for hydroxylation is 3. The molecular formula is C12H18N4S. The quantitative estimate of drug-likeness (QED) is 0.852. The van der Waals surface area contributed by atoms with Crippen molar-refractivity contribution in [1.82, 2.24) is 19.9 Å². The third-order valence-electron chi connectivity index (χ3n) is 2.76. The van der Waals surface area contributed by atoms with Crippen LogP contribution in [0.3, 0.4) is 0 Å². The summed E-state index contributed by atoms with van der Waals surface area (Å²) in [6.45, 7) is 6.96. The van der Waals surface area contributed by atoms with Crippen LogP contribution in [0.15, 0.2) is 17.9 Å². The van der Waals surface area contributed by atoms with Crippen molar-refractivity contribution in [2.24, 2.45) is 0 Å². The topological polar surface area (TPSA) is 42.7 Å². The van der Waals surface area contributed by atoms with E-state index >= 15 is 0 Å². The summed E-state index contributed by atoms with van der Waals surface area (Å²) in [5.74, 6) is 1.11. The Kier molecular flexibility index (Phi) is 4.28. The largest absolute Gasteiger partial charge is 0.334 e. The zero-order chi connectivity index (χ0) is 12.1. The molecule has 0 radical (unpaired) electrons. The molecule has 17 heavy (non-hydrogen) atoms. The molecule has 4 nitrogen and oxygen atoms in total. The van der Waals surface area contributed by atoms with Crippen molar-refractivity contribution in [3.63, 3.8) is 0 Å². The molecule has 0 unspecified atom stereocenters. The summed E-state index contributed by atoms with van der Waals surface area (Å²) in [5, 5.41) is 3.30. The van der Waals surface area contributed by atoms with Crippen LogP contribution in [0.4, 0.5) is 0 Å². The molecule has 0 amide bonds. The van der Waals surface area contributed by atoms with E-state index in [-0.39, 0.29) is 0 Å². The minimum absolute atomic E-state index is 0.838. The highest BCUT2D eigenvalue weighted by Gasteiger charge is 2.05. The third kappa shape index (κ3) is 3.14. The Morgan fingerprint density at radius 3 is 3.00 bits per heavy atom. The van der Waals surface area contributed by atoms with Gasteiger partial charge in [0.25, 0.3) is 0 Å². The van der Waals surface area contributed by atoms with Crippen molar-refractivity contribution >= 4 is 11.3 Å². The Labute approximate surface area is 106 Å². The van der Waals surface area contributed by atoms with Crippen LogP contribution in [0.5, 0.6) is 0 Å². The Balaban J connectivity index is 1.95. The van der Waals surface area contributed by atoms with E-state index in [4.69, 9.17) is 0 Å². The second-order valence-electron chi connectivity index (χ2n) is 3.93. The second-order valence-corrected chi connectivity index (χ2v) is 4.87. The molecule has 2 aromatic rings. The van der Waals surface area contributed by atoms with Crippen molar-refractivity contribution < 1.29 is 0 Å². The van der Waals surface area contributed by atoms with Gasteiger partial charge in [0.1, 0.15) is 5.82 Å². The Morgan fingerprint density at radius 2 is 2.29 bits per heavy atom. The highest BCUT2D eigenvalue weighted by atomic mass is 32.1. The molecule has 1 N–H and O–H groups in total. The lowest BCUT2D eigenvalue weighted by molar-refractivity contribution is 0.607. The molecule has 0 fully saturated rings. The van der Waals surface area contributed by atoms with Crippen LogP contribution in [0.25, 0.3) is 0 Å². The number of rotatable bonds is 6. The van der Waals surface area contributed by atoms with Crippen molar-refractivity contribution in [1.29, 1.82) is 0 Å². The molecule has 0 aromatic carbocycles. The highest BCUT2D eigenvalue weighted by Crippen LogP contribution is 2.14. The summed E-state index contributed by atoms with van der Waals surface area (Å²) in [6.07, 6.45) is 4.95. The molecule has 2 heterocycles. The standard InChI is InChI=1S/C12H18N4S/c1-3-13-8-12-14-5-7-16(12)6-4-11-10(2)15-9-17-11/h5,7,9,13H,3-4,6,8H2,1-2H3. The number of hydrogen-bond donors (Lipinski definition) is 1. The van der Waals surface area contributed by atoms with Gasteiger partial charge in [0.2, 0.25) is 0 Å². The molecule has 0 saturated heterocycles. The van der Waals surface area contributed by atoms with Crippen LogP contribution in [-0.2, 0) is 19.5 Å². The number of thiazole rings is 1. The Morgan fingerprint density at radius 1 is 1.41 bits per heavy atom. The molecule has 0 aliphatic heterocycles. The van der Waals surface area contributed by atoms with Gasteiger partial charge >= 0.3 is 0 Å². The average Bonchev–Trinajstić information content (AvgIpc) is 2.93. The van der Waals surface area contributed by atoms with Gasteiger partial charge < -0.3 is 9.88 Å². The lowest BCUT2D eigenvalue weighted by atomic mass is 10.3. The fraction of sp³-hybridized carbons (Fsp3) is 0.500. The molecule has 0 spiro atoms. The lowest BCUT2D eigenvalue weighted by Crippen LogP contribution is -2.16. The molecule has 0 bridgehead atoms. The molecule has 2 aromatic heterocycles.